The third-order valence-electron chi connectivity index (χ3n) is 4.80. The smallest absolute Gasteiger partial charge is 0.416 e. The third kappa shape index (κ3) is 3.33. The maximum atomic E-state index is 13.3. The van der Waals surface area contributed by atoms with Crippen molar-refractivity contribution in [2.45, 2.75) is 19.0 Å². The molecule has 30 heavy (non-hydrogen) atoms. The van der Waals surface area contributed by atoms with Gasteiger partial charge < -0.3 is 29.8 Å². The number of benzene rings is 1. The van der Waals surface area contributed by atoms with Crippen LogP contribution in [0.5, 0.6) is 11.5 Å². The van der Waals surface area contributed by atoms with E-state index in [2.05, 4.69) is 10.3 Å². The molecule has 0 aliphatic carbocycles. The minimum Gasteiger partial charge on any atom is -0.491 e. The quantitative estimate of drug-likeness (QED) is 0.721. The Kier molecular flexibility index (Phi) is 5.06. The highest BCUT2D eigenvalue weighted by Gasteiger charge is 2.42. The zero-order valence-electron chi connectivity index (χ0n) is 15.9. The van der Waals surface area contributed by atoms with Crippen LogP contribution in [0.3, 0.4) is 0 Å². The fourth-order valence-corrected chi connectivity index (χ4v) is 3.44. The maximum Gasteiger partial charge on any atom is 0.416 e. The van der Waals surface area contributed by atoms with E-state index in [1.165, 1.54) is 13.3 Å². The molecule has 2 aliphatic heterocycles. The van der Waals surface area contributed by atoms with Crippen LogP contribution in [0.4, 0.5) is 25.1 Å². The SMILES string of the molecule is COc1c(NCC(N)=O)ccc2c1OCCn1cc(N3C(=O)OCC3C(F)F)nc1-2. The van der Waals surface area contributed by atoms with Crippen LogP contribution in [-0.4, -0.2) is 60.9 Å². The molecule has 2 aliphatic rings. The first-order valence-corrected chi connectivity index (χ1v) is 9.08. The van der Waals surface area contributed by atoms with Gasteiger partial charge in [-0.15, -0.1) is 0 Å². The predicted molar refractivity (Wildman–Crippen MR) is 101 cm³/mol. The van der Waals surface area contributed by atoms with Crippen LogP contribution >= 0.6 is 0 Å². The topological polar surface area (TPSA) is 121 Å². The molecule has 10 nitrogen and oxygen atoms in total. The van der Waals surface area contributed by atoms with Crippen molar-refractivity contribution in [3.63, 3.8) is 0 Å². The summed E-state index contributed by atoms with van der Waals surface area (Å²) in [6.45, 7) is 0.113. The standard InChI is InChI=1S/C18H19F2N5O5/c1-28-15-10(22-6-12(21)26)3-2-9-14(15)29-5-4-24-7-13(23-17(9)24)25-11(16(19)20)8-30-18(25)27/h2-3,7,11,16,22H,4-6,8H2,1H3,(H2,21,26). The average Bonchev–Trinajstić information content (AvgIpc) is 3.25. The number of primary amides is 1. The molecule has 1 saturated heterocycles. The number of anilines is 2. The number of fused-ring (bicyclic) bond motifs is 3. The molecular formula is C18H19F2N5O5. The van der Waals surface area contributed by atoms with Crippen molar-refractivity contribution >= 4 is 23.5 Å². The number of cyclic esters (lactones) is 1. The first-order valence-electron chi connectivity index (χ1n) is 9.08. The van der Waals surface area contributed by atoms with Gasteiger partial charge in [0.2, 0.25) is 5.91 Å². The van der Waals surface area contributed by atoms with Crippen LogP contribution in [0.15, 0.2) is 18.3 Å². The van der Waals surface area contributed by atoms with Gasteiger partial charge >= 0.3 is 6.09 Å². The first kappa shape index (κ1) is 19.7. The van der Waals surface area contributed by atoms with E-state index in [4.69, 9.17) is 19.9 Å². The normalized spacial score (nSPS) is 17.7. The molecule has 2 amide bonds. The summed E-state index contributed by atoms with van der Waals surface area (Å²) in [6, 6.07) is 1.96. The zero-order chi connectivity index (χ0) is 21.4. The molecule has 3 N–H and O–H groups in total. The minimum atomic E-state index is -2.77. The molecule has 12 heteroatoms. The molecule has 1 atom stereocenters. The summed E-state index contributed by atoms with van der Waals surface area (Å²) in [5, 5.41) is 2.87. The zero-order valence-corrected chi connectivity index (χ0v) is 15.9. The van der Waals surface area contributed by atoms with Gasteiger partial charge in [0, 0.05) is 6.20 Å². The highest BCUT2D eigenvalue weighted by Crippen LogP contribution is 2.44. The van der Waals surface area contributed by atoms with Crippen molar-refractivity contribution in [3.8, 4) is 22.9 Å². The molecule has 1 fully saturated rings. The molecule has 2 aromatic rings. The van der Waals surface area contributed by atoms with Gasteiger partial charge in [0.15, 0.2) is 17.3 Å². The van der Waals surface area contributed by atoms with E-state index in [9.17, 15) is 18.4 Å². The van der Waals surface area contributed by atoms with Crippen LogP contribution in [0.2, 0.25) is 0 Å². The fraction of sp³-hybridized carbons (Fsp3) is 0.389. The van der Waals surface area contributed by atoms with Crippen LogP contribution in [-0.2, 0) is 16.1 Å². The van der Waals surface area contributed by atoms with E-state index >= 15 is 0 Å². The van der Waals surface area contributed by atoms with E-state index in [-0.39, 0.29) is 19.0 Å². The van der Waals surface area contributed by atoms with Gasteiger partial charge in [-0.25, -0.2) is 23.5 Å². The number of methoxy groups -OCH3 is 1. The molecule has 1 aromatic heterocycles. The second-order valence-electron chi connectivity index (χ2n) is 6.66. The lowest BCUT2D eigenvalue weighted by molar-refractivity contribution is -0.116. The van der Waals surface area contributed by atoms with Gasteiger partial charge in [-0.3, -0.25) is 4.79 Å². The average molecular weight is 423 g/mol. The van der Waals surface area contributed by atoms with E-state index < -0.39 is 31.1 Å². The summed E-state index contributed by atoms with van der Waals surface area (Å²) < 4.78 is 44.4. The number of aromatic nitrogens is 2. The monoisotopic (exact) mass is 423 g/mol. The Balaban J connectivity index is 1.76. The highest BCUT2D eigenvalue weighted by molar-refractivity contribution is 5.90. The van der Waals surface area contributed by atoms with Gasteiger partial charge in [0.1, 0.15) is 25.1 Å². The van der Waals surface area contributed by atoms with E-state index in [0.29, 0.717) is 35.1 Å². The van der Waals surface area contributed by atoms with Crippen LogP contribution in [0.1, 0.15) is 0 Å². The third-order valence-corrected chi connectivity index (χ3v) is 4.80. The van der Waals surface area contributed by atoms with Gasteiger partial charge in [0.05, 0.1) is 31.5 Å². The van der Waals surface area contributed by atoms with Gasteiger partial charge in [-0.1, -0.05) is 0 Å². The number of ether oxygens (including phenoxy) is 3. The van der Waals surface area contributed by atoms with Crippen molar-refractivity contribution in [3.05, 3.63) is 18.3 Å². The lowest BCUT2D eigenvalue weighted by atomic mass is 10.1. The van der Waals surface area contributed by atoms with Gasteiger partial charge in [-0.2, -0.15) is 0 Å². The van der Waals surface area contributed by atoms with Gasteiger partial charge in [0.25, 0.3) is 6.43 Å². The number of hydrogen-bond acceptors (Lipinski definition) is 7. The number of imidazole rings is 1. The Morgan fingerprint density at radius 3 is 2.93 bits per heavy atom. The molecule has 4 rings (SSSR count). The molecule has 3 heterocycles. The van der Waals surface area contributed by atoms with Crippen molar-refractivity contribution in [2.75, 3.05) is 37.1 Å². The minimum absolute atomic E-state index is 0.0700. The maximum absolute atomic E-state index is 13.3. The largest absolute Gasteiger partial charge is 0.491 e. The van der Waals surface area contributed by atoms with Crippen molar-refractivity contribution in [2.24, 2.45) is 5.73 Å². The molecule has 0 saturated carbocycles. The number of amides is 2. The number of carbonyl (C=O) groups excluding carboxylic acids is 2. The summed E-state index contributed by atoms with van der Waals surface area (Å²) in [5.74, 6) is 0.666. The second-order valence-corrected chi connectivity index (χ2v) is 6.66. The number of hydrogen-bond donors (Lipinski definition) is 2. The van der Waals surface area contributed by atoms with E-state index in [0.717, 1.165) is 4.90 Å². The second kappa shape index (κ2) is 7.69. The first-order chi connectivity index (χ1) is 14.4. The van der Waals surface area contributed by atoms with E-state index in [1.807, 2.05) is 0 Å². The van der Waals surface area contributed by atoms with Crippen molar-refractivity contribution < 1.29 is 32.6 Å². The Bertz CT molecular complexity index is 996. The fourth-order valence-electron chi connectivity index (χ4n) is 3.44. The number of nitrogens with one attached hydrogen (secondary N) is 1. The summed E-state index contributed by atoms with van der Waals surface area (Å²) in [4.78, 5) is 28.4. The molecule has 0 radical (unpaired) electrons. The number of carbonyl (C=O) groups is 2. The molecule has 1 aromatic carbocycles. The number of nitrogens with two attached hydrogens (primary N) is 1. The summed E-state index contributed by atoms with van der Waals surface area (Å²) in [5.41, 5.74) is 6.22. The number of halogens is 2. The lowest BCUT2D eigenvalue weighted by Crippen LogP contribution is -2.38. The number of rotatable bonds is 6. The summed E-state index contributed by atoms with van der Waals surface area (Å²) in [7, 11) is 1.45. The highest BCUT2D eigenvalue weighted by atomic mass is 19.3. The Hall–Kier alpha value is -3.57. The molecular weight excluding hydrogens is 404 g/mol. The van der Waals surface area contributed by atoms with Crippen molar-refractivity contribution in [1.82, 2.24) is 9.55 Å². The molecule has 1 unspecified atom stereocenters. The summed E-state index contributed by atoms with van der Waals surface area (Å²) >= 11 is 0. The number of alkyl halides is 2. The Morgan fingerprint density at radius 1 is 1.43 bits per heavy atom. The van der Waals surface area contributed by atoms with E-state index in [1.54, 1.807) is 16.7 Å². The molecule has 0 spiro atoms. The van der Waals surface area contributed by atoms with Crippen LogP contribution in [0, 0.1) is 0 Å². The van der Waals surface area contributed by atoms with Crippen LogP contribution in [0.25, 0.3) is 11.4 Å². The number of nitrogens with zero attached hydrogens (tertiary/aromatic N) is 3. The summed E-state index contributed by atoms with van der Waals surface area (Å²) in [6.07, 6.45) is -2.12. The predicted octanol–water partition coefficient (Wildman–Crippen LogP) is 1.44. The molecule has 160 valence electrons. The van der Waals surface area contributed by atoms with Crippen LogP contribution < -0.4 is 25.4 Å². The lowest BCUT2D eigenvalue weighted by Gasteiger charge is -2.18. The Labute approximate surface area is 169 Å². The Morgan fingerprint density at radius 2 is 2.23 bits per heavy atom. The molecule has 0 bridgehead atoms. The van der Waals surface area contributed by atoms with Gasteiger partial charge in [-0.05, 0) is 12.1 Å². The van der Waals surface area contributed by atoms with Crippen molar-refractivity contribution in [1.29, 1.82) is 0 Å².